The van der Waals surface area contributed by atoms with E-state index in [9.17, 15) is 5.26 Å². The highest BCUT2D eigenvalue weighted by molar-refractivity contribution is 6.29. The molecule has 0 spiro atoms. The number of hydrogen-bond donors (Lipinski definition) is 0. The third-order valence-electron chi connectivity index (χ3n) is 11.5. The Morgan fingerprint density at radius 3 is 1.39 bits per heavy atom. The monoisotopic (exact) mass is 723 g/mol. The summed E-state index contributed by atoms with van der Waals surface area (Å²) in [6, 6.07) is 64.0. The fourth-order valence-electron chi connectivity index (χ4n) is 9.02. The van der Waals surface area contributed by atoms with Gasteiger partial charge < -0.3 is 4.57 Å². The van der Waals surface area contributed by atoms with Gasteiger partial charge in [0.25, 0.3) is 0 Å². The van der Waals surface area contributed by atoms with Crippen molar-refractivity contribution < 1.29 is 0 Å². The van der Waals surface area contributed by atoms with Gasteiger partial charge >= 0.3 is 0 Å². The number of para-hydroxylation sites is 1. The minimum Gasteiger partial charge on any atom is -0.309 e. The molecule has 0 aliphatic rings. The molecule has 0 fully saturated rings. The third-order valence-corrected chi connectivity index (χ3v) is 11.5. The Balaban J connectivity index is 1.03. The largest absolute Gasteiger partial charge is 0.309 e. The van der Waals surface area contributed by atoms with Crippen LogP contribution in [0.5, 0.6) is 0 Å². The van der Waals surface area contributed by atoms with Crippen molar-refractivity contribution in [3.05, 3.63) is 181 Å². The van der Waals surface area contributed by atoms with Gasteiger partial charge in [0.15, 0.2) is 17.5 Å². The Morgan fingerprint density at radius 1 is 0.386 bits per heavy atom. The van der Waals surface area contributed by atoms with E-state index in [0.29, 0.717) is 23.0 Å². The second-order valence-electron chi connectivity index (χ2n) is 14.7. The van der Waals surface area contributed by atoms with Gasteiger partial charge in [-0.05, 0) is 103 Å². The molecule has 0 saturated carbocycles. The second-order valence-corrected chi connectivity index (χ2v) is 14.7. The van der Waals surface area contributed by atoms with E-state index < -0.39 is 0 Å². The van der Waals surface area contributed by atoms with Crippen molar-refractivity contribution in [2.75, 3.05) is 0 Å². The van der Waals surface area contributed by atoms with Gasteiger partial charge in [-0.25, -0.2) is 15.0 Å². The van der Waals surface area contributed by atoms with E-state index in [2.05, 4.69) is 114 Å². The molecule has 0 aliphatic heterocycles. The summed E-state index contributed by atoms with van der Waals surface area (Å²) in [6.45, 7) is 0. The van der Waals surface area contributed by atoms with E-state index in [1.165, 1.54) is 37.9 Å². The molecule has 5 nitrogen and oxygen atoms in total. The van der Waals surface area contributed by atoms with Gasteiger partial charge in [0.2, 0.25) is 0 Å². The molecule has 0 radical (unpaired) electrons. The van der Waals surface area contributed by atoms with Gasteiger partial charge in [0.1, 0.15) is 0 Å². The number of hydrogen-bond acceptors (Lipinski definition) is 4. The molecule has 262 valence electrons. The Hall–Kier alpha value is -7.94. The highest BCUT2D eigenvalue weighted by Crippen LogP contribution is 2.45. The van der Waals surface area contributed by atoms with E-state index in [1.54, 1.807) is 0 Å². The Morgan fingerprint density at radius 2 is 0.842 bits per heavy atom. The standard InChI is InChI=1S/C52H29N5/c53-30-37-20-24-44-48-42(37)21-22-43-41(23-25-45(49(43)48)57(44)40-14-8-3-9-15-40)38-26-33-16-18-35-28-39(29-36-19-17-34(27-38)46(33)47(35)36)52-55-50(31-10-4-1-5-11-31)54-51(56-52)32-12-6-2-7-13-32/h1-29H. The summed E-state index contributed by atoms with van der Waals surface area (Å²) in [5.41, 5.74) is 9.21. The van der Waals surface area contributed by atoms with Crippen molar-refractivity contribution in [3.8, 4) is 57.0 Å². The van der Waals surface area contributed by atoms with Crippen LogP contribution in [-0.2, 0) is 0 Å². The summed E-state index contributed by atoms with van der Waals surface area (Å²) >= 11 is 0. The molecular weight excluding hydrogens is 695 g/mol. The minimum atomic E-state index is 0.645. The molecule has 57 heavy (non-hydrogen) atoms. The van der Waals surface area contributed by atoms with E-state index in [-0.39, 0.29) is 0 Å². The molecule has 0 amide bonds. The minimum absolute atomic E-state index is 0.645. The summed E-state index contributed by atoms with van der Waals surface area (Å²) in [7, 11) is 0. The van der Waals surface area contributed by atoms with Crippen LogP contribution in [0.4, 0.5) is 0 Å². The zero-order valence-corrected chi connectivity index (χ0v) is 30.5. The smallest absolute Gasteiger partial charge is 0.164 e. The highest BCUT2D eigenvalue weighted by Gasteiger charge is 2.22. The van der Waals surface area contributed by atoms with Crippen molar-refractivity contribution >= 4 is 64.9 Å². The van der Waals surface area contributed by atoms with Crippen molar-refractivity contribution in [2.24, 2.45) is 0 Å². The van der Waals surface area contributed by atoms with E-state index in [0.717, 1.165) is 60.5 Å². The molecule has 12 aromatic rings. The van der Waals surface area contributed by atoms with Crippen LogP contribution in [0.1, 0.15) is 5.56 Å². The molecule has 5 heteroatoms. The maximum atomic E-state index is 10.1. The topological polar surface area (TPSA) is 67.4 Å². The van der Waals surface area contributed by atoms with Gasteiger partial charge in [0.05, 0.1) is 22.7 Å². The zero-order chi connectivity index (χ0) is 37.6. The van der Waals surface area contributed by atoms with Crippen LogP contribution < -0.4 is 0 Å². The lowest BCUT2D eigenvalue weighted by Crippen LogP contribution is -2.00. The summed E-state index contributed by atoms with van der Waals surface area (Å²) in [6.07, 6.45) is 0. The Labute approximate surface area is 327 Å². The van der Waals surface area contributed by atoms with Gasteiger partial charge in [-0.3, -0.25) is 0 Å². The fourth-order valence-corrected chi connectivity index (χ4v) is 9.02. The molecule has 0 saturated heterocycles. The number of nitrogens with zero attached hydrogens (tertiary/aromatic N) is 5. The number of nitriles is 1. The Bertz CT molecular complexity index is 3440. The lowest BCUT2D eigenvalue weighted by Gasteiger charge is -2.16. The van der Waals surface area contributed by atoms with E-state index in [4.69, 9.17) is 15.0 Å². The van der Waals surface area contributed by atoms with Crippen LogP contribution in [-0.4, -0.2) is 19.5 Å². The molecule has 0 N–H and O–H groups in total. The van der Waals surface area contributed by atoms with Crippen molar-refractivity contribution in [2.45, 2.75) is 0 Å². The van der Waals surface area contributed by atoms with Gasteiger partial charge in [-0.15, -0.1) is 0 Å². The number of benzene rings is 10. The molecule has 2 aromatic heterocycles. The van der Waals surface area contributed by atoms with Crippen LogP contribution in [0, 0.1) is 11.3 Å². The number of aromatic nitrogens is 4. The summed E-state index contributed by atoms with van der Waals surface area (Å²) in [4.78, 5) is 15.0. The van der Waals surface area contributed by atoms with Crippen LogP contribution >= 0.6 is 0 Å². The number of rotatable bonds is 5. The first kappa shape index (κ1) is 31.4. The lowest BCUT2D eigenvalue weighted by molar-refractivity contribution is 1.07. The first-order valence-electron chi connectivity index (χ1n) is 19.1. The van der Waals surface area contributed by atoms with E-state index >= 15 is 0 Å². The van der Waals surface area contributed by atoms with Gasteiger partial charge in [-0.1, -0.05) is 121 Å². The average Bonchev–Trinajstić information content (AvgIpc) is 3.63. The molecule has 10 aromatic carbocycles. The summed E-state index contributed by atoms with van der Waals surface area (Å²) in [5, 5.41) is 21.7. The van der Waals surface area contributed by atoms with Gasteiger partial charge in [-0.2, -0.15) is 5.26 Å². The normalized spacial score (nSPS) is 11.8. The van der Waals surface area contributed by atoms with Crippen molar-refractivity contribution in [3.63, 3.8) is 0 Å². The quantitative estimate of drug-likeness (QED) is 0.166. The van der Waals surface area contributed by atoms with E-state index in [1.807, 2.05) is 72.8 Å². The summed E-state index contributed by atoms with van der Waals surface area (Å²) < 4.78 is 2.33. The van der Waals surface area contributed by atoms with Crippen LogP contribution in [0.3, 0.4) is 0 Å². The first-order valence-corrected chi connectivity index (χ1v) is 19.1. The SMILES string of the molecule is N#Cc1ccc2c3c1ccc1c(-c4cc5ccc6cc(-c7nc(-c8ccccc8)nc(-c8ccccc8)n7)cc7ccc(c4)c5c67)ccc(c13)n2-c1ccccc1. The molecule has 0 aliphatic carbocycles. The van der Waals surface area contributed by atoms with Crippen LogP contribution in [0.2, 0.25) is 0 Å². The molecule has 0 atom stereocenters. The second kappa shape index (κ2) is 12.0. The molecular formula is C52H29N5. The highest BCUT2D eigenvalue weighted by atomic mass is 15.0. The van der Waals surface area contributed by atoms with Crippen molar-refractivity contribution in [1.82, 2.24) is 19.5 Å². The Kier molecular flexibility index (Phi) is 6.63. The maximum absolute atomic E-state index is 10.1. The first-order chi connectivity index (χ1) is 28.2. The zero-order valence-electron chi connectivity index (χ0n) is 30.5. The molecule has 2 heterocycles. The third kappa shape index (κ3) is 4.71. The molecule has 12 rings (SSSR count). The molecule has 0 bridgehead atoms. The van der Waals surface area contributed by atoms with Crippen LogP contribution in [0.15, 0.2) is 176 Å². The molecule has 0 unspecified atom stereocenters. The maximum Gasteiger partial charge on any atom is 0.164 e. The predicted molar refractivity (Wildman–Crippen MR) is 233 cm³/mol. The van der Waals surface area contributed by atoms with Gasteiger partial charge in [0, 0.05) is 38.5 Å². The van der Waals surface area contributed by atoms with Crippen molar-refractivity contribution in [1.29, 1.82) is 5.26 Å². The average molecular weight is 724 g/mol. The predicted octanol–water partition coefficient (Wildman–Crippen LogP) is 13.0. The lowest BCUT2D eigenvalue weighted by atomic mass is 9.88. The summed E-state index contributed by atoms with van der Waals surface area (Å²) in [5.74, 6) is 1.94. The van der Waals surface area contributed by atoms with Crippen LogP contribution in [0.25, 0.3) is 116 Å². The fraction of sp³-hybridized carbons (Fsp3) is 0.